The van der Waals surface area contributed by atoms with Gasteiger partial charge in [0.25, 0.3) is 0 Å². The van der Waals surface area contributed by atoms with E-state index in [1.807, 2.05) is 18.3 Å². The molecule has 0 amide bonds. The lowest BCUT2D eigenvalue weighted by Crippen LogP contribution is -2.42. The molecule has 9 nitrogen and oxygen atoms in total. The summed E-state index contributed by atoms with van der Waals surface area (Å²) in [4.78, 5) is 3.36. The number of aromatic amines is 1. The van der Waals surface area contributed by atoms with Crippen LogP contribution in [0.5, 0.6) is 11.5 Å². The van der Waals surface area contributed by atoms with Gasteiger partial charge in [0.05, 0.1) is 18.3 Å². The Morgan fingerprint density at radius 2 is 1.95 bits per heavy atom. The molecule has 0 radical (unpaired) electrons. The van der Waals surface area contributed by atoms with Crippen LogP contribution in [-0.4, -0.2) is 79.6 Å². The van der Waals surface area contributed by atoms with Crippen molar-refractivity contribution < 1.29 is 30.3 Å². The highest BCUT2D eigenvalue weighted by atomic mass is 33.1. The van der Waals surface area contributed by atoms with Gasteiger partial charge < -0.3 is 46.3 Å². The highest BCUT2D eigenvalue weighted by molar-refractivity contribution is 8.76. The summed E-state index contributed by atoms with van der Waals surface area (Å²) >= 11 is 0. The number of allylic oxidation sites excluding steroid dienone is 3. The molecule has 11 unspecified atom stereocenters. The molecule has 2 fully saturated rings. The van der Waals surface area contributed by atoms with Crippen LogP contribution in [0.4, 0.5) is 0 Å². The van der Waals surface area contributed by atoms with E-state index >= 15 is 0 Å². The van der Waals surface area contributed by atoms with Crippen molar-refractivity contribution in [3.8, 4) is 23.3 Å². The zero-order valence-corrected chi connectivity index (χ0v) is 34.1. The zero-order chi connectivity index (χ0) is 39.0. The van der Waals surface area contributed by atoms with Gasteiger partial charge in [0.15, 0.2) is 11.5 Å². The van der Waals surface area contributed by atoms with E-state index < -0.39 is 30.3 Å². The summed E-state index contributed by atoms with van der Waals surface area (Å²) in [5, 5.41) is 61.5. The highest BCUT2D eigenvalue weighted by Gasteiger charge is 2.45. The number of aromatic hydroxyl groups is 1. The minimum atomic E-state index is -1.01. The maximum absolute atomic E-state index is 12.1. The first-order valence-corrected chi connectivity index (χ1v) is 23.4. The number of rotatable bonds is 6. The number of phenols is 1. The summed E-state index contributed by atoms with van der Waals surface area (Å²) in [6.45, 7) is 2.64. The Morgan fingerprint density at radius 1 is 1.07 bits per heavy atom. The summed E-state index contributed by atoms with van der Waals surface area (Å²) in [7, 11) is 3.28. The number of hydrogen-bond acceptors (Lipinski definition) is 10. The van der Waals surface area contributed by atoms with Crippen LogP contribution in [0.2, 0.25) is 0 Å². The van der Waals surface area contributed by atoms with E-state index in [0.29, 0.717) is 43.1 Å². The molecule has 6 aliphatic rings. The van der Waals surface area contributed by atoms with E-state index in [1.165, 1.54) is 5.57 Å². The summed E-state index contributed by atoms with van der Waals surface area (Å²) in [5.74, 6) is 8.46. The maximum atomic E-state index is 12.1. The minimum absolute atomic E-state index is 0.0143. The topological polar surface area (TPSA) is 164 Å². The third-order valence-corrected chi connectivity index (χ3v) is 16.5. The minimum Gasteiger partial charge on any atom is -0.504 e. The molecule has 0 spiro atoms. The number of aliphatic hydroxyl groups excluding tert-OH is 4. The van der Waals surface area contributed by atoms with Gasteiger partial charge in [-0.05, 0) is 117 Å². The highest BCUT2D eigenvalue weighted by Crippen LogP contribution is 2.50. The molecule has 1 saturated carbocycles. The number of ether oxygens (including phenoxy) is 1. The lowest BCUT2D eigenvalue weighted by atomic mass is 9.75. The first kappa shape index (κ1) is 39.8. The average molecular weight is 802 g/mol. The van der Waals surface area contributed by atoms with Crippen LogP contribution in [0.25, 0.3) is 0 Å². The number of fused-ring (bicyclic) bond motifs is 8. The van der Waals surface area contributed by atoms with E-state index in [1.54, 1.807) is 27.7 Å². The van der Waals surface area contributed by atoms with Crippen LogP contribution in [0.3, 0.4) is 0 Å². The first-order valence-electron chi connectivity index (χ1n) is 20.9. The molecule has 2 bridgehead atoms. The monoisotopic (exact) mass is 801 g/mol. The van der Waals surface area contributed by atoms with E-state index in [0.717, 1.165) is 79.3 Å². The Labute approximate surface area is 339 Å². The van der Waals surface area contributed by atoms with Crippen LogP contribution < -0.4 is 15.8 Å². The molecule has 9 N–H and O–H groups in total. The van der Waals surface area contributed by atoms with Gasteiger partial charge in [0.1, 0.15) is 11.9 Å². The molecular weight excluding hydrogens is 743 g/mol. The van der Waals surface area contributed by atoms with Crippen molar-refractivity contribution in [2.75, 3.05) is 24.7 Å². The molecule has 3 heterocycles. The predicted octanol–water partition coefficient (Wildman–Crippen LogP) is 6.09. The van der Waals surface area contributed by atoms with Gasteiger partial charge in [-0.3, -0.25) is 0 Å². The number of dihydropyridines is 1. The number of nitrogens with one attached hydrogen (secondary N) is 2. The molecule has 4 aliphatic carbocycles. The van der Waals surface area contributed by atoms with Crippen LogP contribution in [0.1, 0.15) is 87.4 Å². The number of aliphatic hydroxyl groups is 4. The summed E-state index contributed by atoms with van der Waals surface area (Å²) in [6, 6.07) is 7.78. The quantitative estimate of drug-likeness (QED) is 0.0975. The summed E-state index contributed by atoms with van der Waals surface area (Å²) in [5.41, 5.74) is 13.0. The second kappa shape index (κ2) is 17.1. The van der Waals surface area contributed by atoms with Gasteiger partial charge in [-0.25, -0.2) is 0 Å². The fourth-order valence-corrected chi connectivity index (χ4v) is 13.2. The van der Waals surface area contributed by atoms with Gasteiger partial charge in [-0.2, -0.15) is 0 Å². The normalized spacial score (nSPS) is 36.0. The Hall–Kier alpha value is -2.98. The van der Waals surface area contributed by atoms with Crippen molar-refractivity contribution in [2.24, 2.45) is 40.7 Å². The SMILES string of the molecule is CCC12C#CC3C=C4CCc5cc(O)c(OC6CC(Cc7ccc[nH]7)C7=CCNC(N)=C7CSSCC(CO)C6O)cc5C4CC(O)C3C(O)C(CCC1)CC2. The van der Waals surface area contributed by atoms with E-state index in [4.69, 9.17) is 10.5 Å². The number of nitrogens with two attached hydrogens (primary N) is 1. The van der Waals surface area contributed by atoms with Crippen LogP contribution in [0.15, 0.2) is 65.2 Å². The fourth-order valence-electron chi connectivity index (χ4n) is 10.7. The van der Waals surface area contributed by atoms with Gasteiger partial charge in [-0.15, -0.1) is 0 Å². The Bertz CT molecular complexity index is 1880. The molecule has 11 heteroatoms. The molecule has 8 rings (SSSR count). The smallest absolute Gasteiger partial charge is 0.161 e. The van der Waals surface area contributed by atoms with Crippen molar-refractivity contribution in [2.45, 2.75) is 108 Å². The van der Waals surface area contributed by atoms with Crippen molar-refractivity contribution in [3.63, 3.8) is 0 Å². The number of aromatic nitrogens is 1. The van der Waals surface area contributed by atoms with Crippen molar-refractivity contribution >= 4 is 21.6 Å². The molecule has 11 atom stereocenters. The average Bonchev–Trinajstić information content (AvgIpc) is 3.56. The largest absolute Gasteiger partial charge is 0.504 e. The van der Waals surface area contributed by atoms with Crippen LogP contribution in [-0.2, 0) is 12.8 Å². The number of H-pyrrole nitrogens is 1. The van der Waals surface area contributed by atoms with Crippen molar-refractivity contribution in [3.05, 3.63) is 82.0 Å². The molecule has 56 heavy (non-hydrogen) atoms. The van der Waals surface area contributed by atoms with Gasteiger partial charge >= 0.3 is 0 Å². The standard InChI is InChI=1S/C45H59N3O6S2/c1-2-45-12-3-5-26(9-13-45)43(53)41-29(10-14-45)17-27-7-8-28-19-37(50)39(22-35(28)34(27)21-38(41)51)54-40-20-30(18-32-6-4-15-47-32)33-11-16-48-44(46)36(33)25-56-55-24-31(23-49)42(40)52/h4,6,11,15,17,19,22,26,29-31,34,38,40-43,47-53H,2-3,5,7-9,12-13,16,18,20-21,23-25,46H2,1H3. The Kier molecular flexibility index (Phi) is 12.2. The third kappa shape index (κ3) is 8.04. The number of aryl methyl sites for hydroxylation is 1. The van der Waals surface area contributed by atoms with E-state index in [9.17, 15) is 25.5 Å². The molecule has 2 aliphatic heterocycles. The first-order chi connectivity index (χ1) is 27.2. The second-order valence-electron chi connectivity index (χ2n) is 17.2. The molecular formula is C45H59N3O6S2. The van der Waals surface area contributed by atoms with Crippen molar-refractivity contribution in [1.29, 1.82) is 0 Å². The Morgan fingerprint density at radius 3 is 2.75 bits per heavy atom. The second-order valence-corrected chi connectivity index (χ2v) is 19.7. The van der Waals surface area contributed by atoms with Crippen molar-refractivity contribution in [1.82, 2.24) is 10.3 Å². The fraction of sp³-hybridized carbons (Fsp3) is 0.600. The van der Waals surface area contributed by atoms with E-state index in [2.05, 4.69) is 47.3 Å². The Balaban J connectivity index is 1.14. The molecule has 1 aromatic heterocycles. The predicted molar refractivity (Wildman–Crippen MR) is 224 cm³/mol. The third-order valence-electron chi connectivity index (χ3n) is 14.1. The summed E-state index contributed by atoms with van der Waals surface area (Å²) < 4.78 is 6.82. The maximum Gasteiger partial charge on any atom is 0.161 e. The lowest BCUT2D eigenvalue weighted by molar-refractivity contribution is -0.0345. The van der Waals surface area contributed by atoms with Gasteiger partial charge in [0.2, 0.25) is 0 Å². The number of hydrogen-bond donors (Lipinski definition) is 8. The lowest BCUT2D eigenvalue weighted by Gasteiger charge is -2.35. The molecule has 1 aromatic carbocycles. The van der Waals surface area contributed by atoms with E-state index in [-0.39, 0.29) is 53.1 Å². The molecule has 1 saturated heterocycles. The summed E-state index contributed by atoms with van der Waals surface area (Å²) in [6.07, 6.45) is 12.4. The van der Waals surface area contributed by atoms with Crippen LogP contribution in [0, 0.1) is 46.8 Å². The van der Waals surface area contributed by atoms with Gasteiger partial charge in [0, 0.05) is 71.2 Å². The molecule has 2 aromatic rings. The number of phenolic OH excluding ortho intramolecular Hbond substituents is 1. The zero-order valence-electron chi connectivity index (χ0n) is 32.5. The van der Waals surface area contributed by atoms with Gasteiger partial charge in [-0.1, -0.05) is 64.5 Å². The number of benzene rings is 1. The van der Waals surface area contributed by atoms with Crippen LogP contribution >= 0.6 is 21.6 Å². The molecule has 302 valence electrons.